The molecule has 0 bridgehead atoms. The Labute approximate surface area is 213 Å². The SMILES string of the molecule is [2H]C(Cc1ccccn1)N(Cc1ccccc1OCCCCCC(=O)O)c1ccc(-c2cn[nH]c2)cc1. The summed E-state index contributed by atoms with van der Waals surface area (Å²) in [6.45, 7) is 0.467. The van der Waals surface area contributed by atoms with Crippen molar-refractivity contribution >= 4 is 11.7 Å². The fourth-order valence-corrected chi connectivity index (χ4v) is 3.93. The number of benzene rings is 2. The Hall–Kier alpha value is -4.13. The van der Waals surface area contributed by atoms with Crippen LogP contribution in [-0.2, 0) is 17.8 Å². The number of aryl methyl sites for hydroxylation is 1. The van der Waals surface area contributed by atoms with E-state index >= 15 is 0 Å². The highest BCUT2D eigenvalue weighted by Crippen LogP contribution is 2.27. The van der Waals surface area contributed by atoms with Crippen LogP contribution in [0, 0.1) is 0 Å². The van der Waals surface area contributed by atoms with Crippen molar-refractivity contribution in [1.82, 2.24) is 15.2 Å². The Kier molecular flexibility index (Phi) is 8.58. The maximum absolute atomic E-state index is 10.7. The number of nitrogens with zero attached hydrogens (tertiary/aromatic N) is 3. The van der Waals surface area contributed by atoms with Gasteiger partial charge in [0, 0.05) is 62.2 Å². The van der Waals surface area contributed by atoms with Gasteiger partial charge in [0.05, 0.1) is 12.8 Å². The normalized spacial score (nSPS) is 12.1. The molecule has 0 fully saturated rings. The molecular formula is C29H32N4O3. The molecule has 4 aromatic rings. The summed E-state index contributed by atoms with van der Waals surface area (Å²) >= 11 is 0. The highest BCUT2D eigenvalue weighted by molar-refractivity contribution is 5.66. The van der Waals surface area contributed by atoms with Gasteiger partial charge in [-0.05, 0) is 55.2 Å². The summed E-state index contributed by atoms with van der Waals surface area (Å²) in [7, 11) is 0. The van der Waals surface area contributed by atoms with Crippen LogP contribution in [0.25, 0.3) is 11.1 Å². The Bertz CT molecular complexity index is 1230. The predicted molar refractivity (Wildman–Crippen MR) is 141 cm³/mol. The summed E-state index contributed by atoms with van der Waals surface area (Å²) in [5.74, 6) is 0.0191. The number of aliphatic carboxylic acids is 1. The second-order valence-corrected chi connectivity index (χ2v) is 8.53. The zero-order valence-corrected chi connectivity index (χ0v) is 20.2. The van der Waals surface area contributed by atoms with E-state index in [0.29, 0.717) is 26.0 Å². The first-order chi connectivity index (χ1) is 18.1. The lowest BCUT2D eigenvalue weighted by Crippen LogP contribution is -2.26. The number of anilines is 1. The van der Waals surface area contributed by atoms with E-state index in [2.05, 4.69) is 20.1 Å². The van der Waals surface area contributed by atoms with Gasteiger partial charge in [0.1, 0.15) is 5.75 Å². The van der Waals surface area contributed by atoms with Crippen LogP contribution in [0.5, 0.6) is 5.75 Å². The first-order valence-corrected chi connectivity index (χ1v) is 12.2. The van der Waals surface area contributed by atoms with Crippen LogP contribution in [-0.4, -0.2) is 39.4 Å². The number of aromatic nitrogens is 3. The Morgan fingerprint density at radius 3 is 2.58 bits per heavy atom. The first kappa shape index (κ1) is 23.6. The molecule has 1 unspecified atom stereocenters. The van der Waals surface area contributed by atoms with E-state index in [1.807, 2.05) is 72.9 Å². The van der Waals surface area contributed by atoms with Gasteiger partial charge in [0.15, 0.2) is 0 Å². The zero-order chi connectivity index (χ0) is 25.9. The number of ether oxygens (including phenoxy) is 1. The first-order valence-electron chi connectivity index (χ1n) is 12.8. The minimum atomic E-state index is -0.764. The summed E-state index contributed by atoms with van der Waals surface area (Å²) in [6.07, 6.45) is 8.32. The number of para-hydroxylation sites is 1. The molecule has 7 heteroatoms. The second-order valence-electron chi connectivity index (χ2n) is 8.53. The average Bonchev–Trinajstić information content (AvgIpc) is 3.46. The minimum absolute atomic E-state index is 0.187. The number of unbranched alkanes of at least 4 members (excludes halogenated alkanes) is 2. The minimum Gasteiger partial charge on any atom is -0.493 e. The van der Waals surface area contributed by atoms with Crippen molar-refractivity contribution in [3.05, 3.63) is 96.6 Å². The maximum Gasteiger partial charge on any atom is 0.303 e. The molecule has 0 amide bonds. The smallest absolute Gasteiger partial charge is 0.303 e. The number of carboxylic acid groups (broad SMARTS) is 1. The number of rotatable bonds is 14. The third-order valence-electron chi connectivity index (χ3n) is 5.88. The van der Waals surface area contributed by atoms with Gasteiger partial charge in [-0.25, -0.2) is 0 Å². The van der Waals surface area contributed by atoms with Crippen molar-refractivity contribution in [2.45, 2.75) is 38.6 Å². The van der Waals surface area contributed by atoms with Crippen LogP contribution < -0.4 is 9.64 Å². The molecule has 186 valence electrons. The van der Waals surface area contributed by atoms with Gasteiger partial charge in [0.25, 0.3) is 0 Å². The topological polar surface area (TPSA) is 91.3 Å². The van der Waals surface area contributed by atoms with E-state index in [1.165, 1.54) is 0 Å². The lowest BCUT2D eigenvalue weighted by molar-refractivity contribution is -0.137. The quantitative estimate of drug-likeness (QED) is 0.221. The van der Waals surface area contributed by atoms with Gasteiger partial charge in [-0.1, -0.05) is 36.4 Å². The largest absolute Gasteiger partial charge is 0.493 e. The van der Waals surface area contributed by atoms with Crippen molar-refractivity contribution in [2.75, 3.05) is 18.0 Å². The number of nitrogens with one attached hydrogen (secondary N) is 1. The molecule has 0 spiro atoms. The summed E-state index contributed by atoms with van der Waals surface area (Å²) in [5, 5.41) is 15.7. The van der Waals surface area contributed by atoms with Crippen molar-refractivity contribution in [1.29, 1.82) is 0 Å². The number of hydrogen-bond acceptors (Lipinski definition) is 5. The molecule has 36 heavy (non-hydrogen) atoms. The Balaban J connectivity index is 1.50. The Morgan fingerprint density at radius 1 is 1.00 bits per heavy atom. The molecular weight excluding hydrogens is 452 g/mol. The van der Waals surface area contributed by atoms with Gasteiger partial charge in [-0.2, -0.15) is 5.10 Å². The molecule has 0 radical (unpaired) electrons. The summed E-state index contributed by atoms with van der Waals surface area (Å²) in [5.41, 5.74) is 4.86. The van der Waals surface area contributed by atoms with Crippen LogP contribution >= 0.6 is 0 Å². The predicted octanol–water partition coefficient (Wildman–Crippen LogP) is 5.74. The van der Waals surface area contributed by atoms with E-state index in [1.54, 1.807) is 12.4 Å². The molecule has 7 nitrogen and oxygen atoms in total. The molecule has 2 N–H and O–H groups in total. The van der Waals surface area contributed by atoms with Gasteiger partial charge >= 0.3 is 5.97 Å². The van der Waals surface area contributed by atoms with E-state index in [-0.39, 0.29) is 6.42 Å². The molecule has 0 aliphatic carbocycles. The van der Waals surface area contributed by atoms with Gasteiger partial charge in [-0.3, -0.25) is 14.9 Å². The molecule has 1 atom stereocenters. The van der Waals surface area contributed by atoms with Crippen molar-refractivity contribution in [3.63, 3.8) is 0 Å². The monoisotopic (exact) mass is 485 g/mol. The highest BCUT2D eigenvalue weighted by atomic mass is 16.5. The van der Waals surface area contributed by atoms with Crippen molar-refractivity contribution < 1.29 is 16.0 Å². The van der Waals surface area contributed by atoms with Crippen LogP contribution in [0.4, 0.5) is 5.69 Å². The van der Waals surface area contributed by atoms with E-state index in [4.69, 9.17) is 11.2 Å². The number of pyridine rings is 1. The number of H-pyrrole nitrogens is 1. The Morgan fingerprint density at radius 2 is 1.83 bits per heavy atom. The van der Waals surface area contributed by atoms with Gasteiger partial charge in [0.2, 0.25) is 0 Å². The number of hydrogen-bond donors (Lipinski definition) is 2. The average molecular weight is 486 g/mol. The number of carbonyl (C=O) groups is 1. The highest BCUT2D eigenvalue weighted by Gasteiger charge is 2.13. The fourth-order valence-electron chi connectivity index (χ4n) is 3.93. The molecule has 0 aliphatic rings. The molecule has 2 heterocycles. The molecule has 0 saturated carbocycles. The lowest BCUT2D eigenvalue weighted by atomic mass is 10.1. The van der Waals surface area contributed by atoms with Gasteiger partial charge < -0.3 is 14.7 Å². The standard InChI is InChI=1S/C29H32N4O3/c34-29(35)11-2-1-7-19-36-28-10-4-3-8-24(28)22-33(18-16-26-9-5-6-17-30-26)27-14-12-23(13-15-27)25-20-31-32-21-25/h3-6,8-10,12-15,17,20-21H,1-2,7,11,16,18-19,22H2,(H,31,32)(H,34,35)/i18D. The van der Waals surface area contributed by atoms with Crippen LogP contribution in [0.3, 0.4) is 0 Å². The molecule has 0 saturated heterocycles. The summed E-state index contributed by atoms with van der Waals surface area (Å²) in [4.78, 5) is 17.2. The third-order valence-corrected chi connectivity index (χ3v) is 5.88. The van der Waals surface area contributed by atoms with Crippen LogP contribution in [0.2, 0.25) is 0 Å². The summed E-state index contributed by atoms with van der Waals surface area (Å²) < 4.78 is 15.1. The number of aromatic amines is 1. The number of carboxylic acids is 1. The van der Waals surface area contributed by atoms with Crippen LogP contribution in [0.15, 0.2) is 85.3 Å². The molecule has 0 aliphatic heterocycles. The van der Waals surface area contributed by atoms with E-state index in [9.17, 15) is 4.79 Å². The maximum atomic E-state index is 10.7. The van der Waals surface area contributed by atoms with Crippen molar-refractivity contribution in [3.8, 4) is 16.9 Å². The molecule has 2 aromatic carbocycles. The molecule has 4 rings (SSSR count). The fraction of sp³-hybridized carbons (Fsp3) is 0.276. The van der Waals surface area contributed by atoms with Crippen molar-refractivity contribution in [2.24, 2.45) is 0 Å². The molecule has 2 aromatic heterocycles. The van der Waals surface area contributed by atoms with Crippen LogP contribution in [0.1, 0.15) is 38.3 Å². The zero-order valence-electron chi connectivity index (χ0n) is 21.2. The second kappa shape index (κ2) is 13.1. The lowest BCUT2D eigenvalue weighted by Gasteiger charge is -2.26. The van der Waals surface area contributed by atoms with Gasteiger partial charge in [-0.15, -0.1) is 0 Å². The van der Waals surface area contributed by atoms with E-state index in [0.717, 1.165) is 46.7 Å². The third kappa shape index (κ3) is 7.43. The van der Waals surface area contributed by atoms with E-state index < -0.39 is 12.5 Å². The summed E-state index contributed by atoms with van der Waals surface area (Å²) in [6, 6.07) is 21.8.